The first-order chi connectivity index (χ1) is 45.2. The molecule has 0 aliphatic carbocycles. The maximum absolute atomic E-state index is 13.0. The predicted octanol–water partition coefficient (Wildman–Crippen LogP) is 24.5. The molecule has 0 radical (unpaired) electrons. The molecule has 3 heterocycles. The fourth-order valence-electron chi connectivity index (χ4n) is 14.0. The number of phenols is 1. The van der Waals surface area contributed by atoms with Crippen molar-refractivity contribution in [3.05, 3.63) is 271 Å². The summed E-state index contributed by atoms with van der Waals surface area (Å²) < 4.78 is 4.71. The summed E-state index contributed by atoms with van der Waals surface area (Å²) >= 11 is 0. The van der Waals surface area contributed by atoms with Gasteiger partial charge in [-0.15, -0.1) is 0 Å². The Bertz CT molecular complexity index is 5280. The third-order valence-electron chi connectivity index (χ3n) is 19.4. The molecule has 1 N–H and O–H groups in total. The van der Waals surface area contributed by atoms with Gasteiger partial charge in [-0.1, -0.05) is 262 Å². The Morgan fingerprint density at radius 1 is 0.326 bits per heavy atom. The van der Waals surface area contributed by atoms with E-state index in [1.54, 1.807) is 0 Å². The Morgan fingerprint density at radius 2 is 0.916 bits per heavy atom. The van der Waals surface area contributed by atoms with Gasteiger partial charge in [-0.25, -0.2) is 4.98 Å². The van der Waals surface area contributed by atoms with Crippen LogP contribution in [0.3, 0.4) is 0 Å². The quantitative estimate of drug-likeness (QED) is 0.157. The highest BCUT2D eigenvalue weighted by Gasteiger charge is 2.29. The Hall–Kier alpha value is -10.1. The van der Waals surface area contributed by atoms with Crippen LogP contribution in [0.4, 0.5) is 0 Å². The van der Waals surface area contributed by atoms with Crippen LogP contribution >= 0.6 is 0 Å². The van der Waals surface area contributed by atoms with Crippen LogP contribution in [0.15, 0.2) is 243 Å². The van der Waals surface area contributed by atoms with Gasteiger partial charge in [0, 0.05) is 45.0 Å². The number of nitrogens with zero attached hydrogens (tertiary/aromatic N) is 4. The first-order valence-corrected chi connectivity index (χ1v) is 33.7. The van der Waals surface area contributed by atoms with E-state index in [2.05, 4.69) is 344 Å². The van der Waals surface area contributed by atoms with Gasteiger partial charge in [0.05, 0.1) is 33.3 Å². The lowest BCUT2D eigenvalue weighted by Crippen LogP contribution is -2.17. The minimum Gasteiger partial charge on any atom is -0.507 e. The smallest absolute Gasteiger partial charge is 0.149 e. The van der Waals surface area contributed by atoms with E-state index in [1.807, 2.05) is 12.3 Å². The Kier molecular flexibility index (Phi) is 15.2. The van der Waals surface area contributed by atoms with Gasteiger partial charge in [-0.05, 0) is 189 Å². The number of imidazole rings is 1. The number of fused-ring (bicyclic) bond motifs is 5. The zero-order valence-electron chi connectivity index (χ0n) is 57.8. The van der Waals surface area contributed by atoms with Crippen molar-refractivity contribution in [2.24, 2.45) is 0 Å². The highest BCUT2D eigenvalue weighted by atomic mass is 16.3. The molecule has 5 heteroatoms. The Labute approximate surface area is 561 Å². The van der Waals surface area contributed by atoms with Gasteiger partial charge in [0.15, 0.2) is 0 Å². The summed E-state index contributed by atoms with van der Waals surface area (Å²) in [7, 11) is 0. The van der Waals surface area contributed by atoms with Gasteiger partial charge in [-0.3, -0.25) is 9.55 Å². The standard InChI is InChI=1S/C90H86N4O/c1-86(2,3)63-39-42-70-57(49-63)37-43-77(90(13,14)15)82(70)59-36-40-75(81(95)51-59)85-92-83-71(31-25-35-80(83)94(85)68-53-65(88(7,8)9)52-66(54-68)89(10,11)12)60-46-61(76-55-64(87(4,5)6)38-41-69(76)56-26-18-16-19-27-56)48-62(47-60)78-50-58(44-45-91-78)72-32-24-33-74-73-30-22-23-34-79(73)93(84(72)74)67-28-20-17-21-29-67/h16-55,95H,1-15H3. The molecule has 0 saturated heterocycles. The van der Waals surface area contributed by atoms with Gasteiger partial charge in [0.1, 0.15) is 11.6 Å². The lowest BCUT2D eigenvalue weighted by atomic mass is 9.78. The zero-order chi connectivity index (χ0) is 66.7. The molecule has 0 bridgehead atoms. The van der Waals surface area contributed by atoms with Crippen LogP contribution in [0.2, 0.25) is 0 Å². The number of hydrogen-bond donors (Lipinski definition) is 1. The minimum atomic E-state index is -0.179. The molecule has 14 aromatic rings. The normalized spacial score (nSPS) is 12.6. The van der Waals surface area contributed by atoms with Crippen molar-refractivity contribution in [2.45, 2.75) is 131 Å². The van der Waals surface area contributed by atoms with Crippen molar-refractivity contribution in [1.29, 1.82) is 0 Å². The topological polar surface area (TPSA) is 55.9 Å². The third kappa shape index (κ3) is 11.5. The predicted molar refractivity (Wildman–Crippen MR) is 404 cm³/mol. The van der Waals surface area contributed by atoms with Gasteiger partial charge >= 0.3 is 0 Å². The Balaban J connectivity index is 1.03. The summed E-state index contributed by atoms with van der Waals surface area (Å²) in [5, 5.41) is 17.8. The molecule has 0 unspecified atom stereocenters. The van der Waals surface area contributed by atoms with Crippen LogP contribution in [0.1, 0.15) is 132 Å². The Morgan fingerprint density at radius 3 is 1.60 bits per heavy atom. The first kappa shape index (κ1) is 62.4. The average molecular weight is 1240 g/mol. The highest BCUT2D eigenvalue weighted by molar-refractivity contribution is 6.14. The van der Waals surface area contributed by atoms with E-state index in [9.17, 15) is 5.11 Å². The summed E-state index contributed by atoms with van der Waals surface area (Å²) in [5.41, 5.74) is 24.9. The summed E-state index contributed by atoms with van der Waals surface area (Å²) in [6.45, 7) is 34.2. The second-order valence-corrected chi connectivity index (χ2v) is 31.4. The fourth-order valence-corrected chi connectivity index (χ4v) is 14.0. The lowest BCUT2D eigenvalue weighted by molar-refractivity contribution is 0.477. The molecule has 0 fully saturated rings. The third-order valence-corrected chi connectivity index (χ3v) is 19.4. The molecule has 0 amide bonds. The van der Waals surface area contributed by atoms with Gasteiger partial charge in [0.25, 0.3) is 0 Å². The van der Waals surface area contributed by atoms with E-state index in [1.165, 1.54) is 44.0 Å². The molecule has 0 spiro atoms. The van der Waals surface area contributed by atoms with E-state index in [0.29, 0.717) is 11.4 Å². The number of para-hydroxylation sites is 4. The maximum atomic E-state index is 13.0. The molecule has 5 nitrogen and oxygen atoms in total. The summed E-state index contributed by atoms with van der Waals surface area (Å²) in [6, 6.07) is 86.7. The van der Waals surface area contributed by atoms with Crippen molar-refractivity contribution in [3.8, 4) is 95.4 Å². The zero-order valence-corrected chi connectivity index (χ0v) is 57.8. The molecule has 0 saturated carbocycles. The number of aromatic nitrogens is 4. The number of benzene rings is 11. The van der Waals surface area contributed by atoms with E-state index in [4.69, 9.17) is 9.97 Å². The van der Waals surface area contributed by atoms with Crippen LogP contribution in [0, 0.1) is 0 Å². The number of pyridine rings is 1. The van der Waals surface area contributed by atoms with Gasteiger partial charge in [0.2, 0.25) is 0 Å². The highest BCUT2D eigenvalue weighted by Crippen LogP contribution is 2.48. The van der Waals surface area contributed by atoms with Crippen LogP contribution in [0.5, 0.6) is 5.75 Å². The lowest BCUT2D eigenvalue weighted by Gasteiger charge is -2.27. The number of hydrogen-bond acceptors (Lipinski definition) is 3. The largest absolute Gasteiger partial charge is 0.507 e. The molecule has 95 heavy (non-hydrogen) atoms. The number of rotatable bonds is 9. The molecular formula is C90H86N4O. The summed E-state index contributed by atoms with van der Waals surface area (Å²) in [4.78, 5) is 11.2. The van der Waals surface area contributed by atoms with Gasteiger partial charge < -0.3 is 9.67 Å². The van der Waals surface area contributed by atoms with Crippen molar-refractivity contribution in [2.75, 3.05) is 0 Å². The van der Waals surface area contributed by atoms with Crippen LogP contribution in [0.25, 0.3) is 133 Å². The monoisotopic (exact) mass is 1240 g/mol. The fraction of sp³-hybridized carbons (Fsp3) is 0.222. The van der Waals surface area contributed by atoms with E-state index in [-0.39, 0.29) is 32.8 Å². The van der Waals surface area contributed by atoms with E-state index >= 15 is 0 Å². The summed E-state index contributed by atoms with van der Waals surface area (Å²) in [5.74, 6) is 0.817. The average Bonchev–Trinajstić information content (AvgIpc) is 1.66. The minimum absolute atomic E-state index is 0.00949. The van der Waals surface area contributed by atoms with Crippen molar-refractivity contribution in [1.82, 2.24) is 19.1 Å². The molecule has 0 aliphatic rings. The van der Waals surface area contributed by atoms with E-state index < -0.39 is 0 Å². The van der Waals surface area contributed by atoms with Crippen LogP contribution in [-0.4, -0.2) is 24.2 Å². The van der Waals surface area contributed by atoms with Crippen LogP contribution in [-0.2, 0) is 27.1 Å². The maximum Gasteiger partial charge on any atom is 0.149 e. The molecule has 14 rings (SSSR count). The molecule has 3 aromatic heterocycles. The van der Waals surface area contributed by atoms with Gasteiger partial charge in [-0.2, -0.15) is 0 Å². The molecule has 0 atom stereocenters. The number of aromatic hydroxyl groups is 1. The van der Waals surface area contributed by atoms with Crippen molar-refractivity contribution in [3.63, 3.8) is 0 Å². The molecule has 11 aromatic carbocycles. The second kappa shape index (κ2) is 23.1. The number of phenolic OH excluding ortho intramolecular Hbond substituents is 1. The second-order valence-electron chi connectivity index (χ2n) is 31.4. The van der Waals surface area contributed by atoms with Crippen LogP contribution < -0.4 is 0 Å². The van der Waals surface area contributed by atoms with Crippen molar-refractivity contribution >= 4 is 43.6 Å². The van der Waals surface area contributed by atoms with E-state index in [0.717, 1.165) is 106 Å². The molecular weight excluding hydrogens is 1150 g/mol. The van der Waals surface area contributed by atoms with Crippen molar-refractivity contribution < 1.29 is 5.11 Å². The SMILES string of the molecule is CC(C)(C)c1cc(-n2c(-c3ccc(-c4c(C(C)(C)C)ccc5cc(C(C)(C)C)ccc45)cc3O)nc3c(-c4cc(-c5cc(-c6cccc7c8ccccc8n(-c8ccccc8)c67)ccn5)cc(-c5cc(C(C)(C)C)ccc5-c5ccccc5)c4)cccc32)cc(C(C)(C)C)c1. The summed E-state index contributed by atoms with van der Waals surface area (Å²) in [6.07, 6.45) is 1.97. The molecule has 0 aliphatic heterocycles. The first-order valence-electron chi connectivity index (χ1n) is 33.7. The molecule has 472 valence electrons.